The first-order valence-electron chi connectivity index (χ1n) is 7.57. The van der Waals surface area contributed by atoms with Gasteiger partial charge in [0.05, 0.1) is 10.4 Å². The molecule has 0 spiro atoms. The van der Waals surface area contributed by atoms with E-state index in [0.29, 0.717) is 10.9 Å². The van der Waals surface area contributed by atoms with Gasteiger partial charge in [0.2, 0.25) is 5.91 Å². The summed E-state index contributed by atoms with van der Waals surface area (Å²) in [6, 6.07) is 0. The van der Waals surface area contributed by atoms with E-state index in [1.807, 2.05) is 4.90 Å². The van der Waals surface area contributed by atoms with Crippen molar-refractivity contribution >= 4 is 23.1 Å². The number of unbranched alkanes of at least 4 members (excludes halogenated alkanes) is 2. The maximum Gasteiger partial charge on any atom is 0.235 e. The molecule has 1 aliphatic rings. The number of rotatable bonds is 8. The highest BCUT2D eigenvalue weighted by atomic mass is 32.1. The summed E-state index contributed by atoms with van der Waals surface area (Å²) in [5, 5.41) is 0. The number of nitrogens with two attached hydrogens (primary N) is 1. The van der Waals surface area contributed by atoms with Crippen LogP contribution in [0.4, 0.5) is 0 Å². The Hall–Kier alpha value is -0.640. The van der Waals surface area contributed by atoms with Gasteiger partial charge in [-0.05, 0) is 31.6 Å². The third kappa shape index (κ3) is 3.68. The van der Waals surface area contributed by atoms with Gasteiger partial charge in [-0.1, -0.05) is 45.8 Å². The van der Waals surface area contributed by atoms with E-state index < -0.39 is 5.41 Å². The quantitative estimate of drug-likeness (QED) is 0.697. The molecule has 1 rings (SSSR count). The number of nitrogens with zero attached hydrogens (tertiary/aromatic N) is 1. The Morgan fingerprint density at radius 2 is 1.74 bits per heavy atom. The molecule has 0 aromatic carbocycles. The molecule has 1 saturated carbocycles. The molecule has 1 amide bonds. The van der Waals surface area contributed by atoms with Gasteiger partial charge < -0.3 is 10.6 Å². The monoisotopic (exact) mass is 284 g/mol. The van der Waals surface area contributed by atoms with Gasteiger partial charge in [-0.25, -0.2) is 0 Å². The van der Waals surface area contributed by atoms with Crippen molar-refractivity contribution in [3.8, 4) is 0 Å². The summed E-state index contributed by atoms with van der Waals surface area (Å²) in [5.41, 5.74) is 5.34. The summed E-state index contributed by atoms with van der Waals surface area (Å²) < 4.78 is 0. The maximum atomic E-state index is 12.8. The minimum atomic E-state index is -0.532. The SMILES string of the molecule is CCCCN(CCCC)C(=O)C1(C(N)=S)CC(C)C1. The molecule has 0 saturated heterocycles. The number of amides is 1. The van der Waals surface area contributed by atoms with Gasteiger partial charge in [0, 0.05) is 13.1 Å². The first-order valence-corrected chi connectivity index (χ1v) is 7.98. The fraction of sp³-hybridized carbons (Fsp3) is 0.867. The molecule has 0 atom stereocenters. The standard InChI is InChI=1S/C15H28N2OS/c1-4-6-8-17(9-7-5-2)14(18)15(13(16)19)10-12(3)11-15/h12H,4-11H2,1-3H3,(H2,16,19). The Balaban J connectivity index is 2.75. The molecule has 0 unspecified atom stereocenters. The van der Waals surface area contributed by atoms with Crippen molar-refractivity contribution in [2.45, 2.75) is 59.3 Å². The van der Waals surface area contributed by atoms with E-state index in [4.69, 9.17) is 18.0 Å². The van der Waals surface area contributed by atoms with Crippen molar-refractivity contribution in [3.05, 3.63) is 0 Å². The van der Waals surface area contributed by atoms with Crippen LogP contribution in [0.5, 0.6) is 0 Å². The second-order valence-electron chi connectivity index (χ2n) is 5.96. The van der Waals surface area contributed by atoms with Crippen LogP contribution >= 0.6 is 12.2 Å². The van der Waals surface area contributed by atoms with E-state index in [1.165, 1.54) is 0 Å². The van der Waals surface area contributed by atoms with Crippen LogP contribution in [-0.2, 0) is 4.79 Å². The lowest BCUT2D eigenvalue weighted by molar-refractivity contribution is -0.144. The molecule has 0 aromatic rings. The lowest BCUT2D eigenvalue weighted by Gasteiger charge is -2.46. The number of thiocarbonyl (C=S) groups is 1. The van der Waals surface area contributed by atoms with Crippen LogP contribution in [0.1, 0.15) is 59.3 Å². The van der Waals surface area contributed by atoms with Crippen LogP contribution in [0.3, 0.4) is 0 Å². The molecule has 110 valence electrons. The summed E-state index contributed by atoms with van der Waals surface area (Å²) in [5.74, 6) is 0.740. The molecule has 0 bridgehead atoms. The summed E-state index contributed by atoms with van der Waals surface area (Å²) in [6.45, 7) is 8.14. The molecule has 19 heavy (non-hydrogen) atoms. The van der Waals surface area contributed by atoms with E-state index >= 15 is 0 Å². The lowest BCUT2D eigenvalue weighted by atomic mass is 9.61. The van der Waals surface area contributed by atoms with E-state index in [1.54, 1.807) is 0 Å². The predicted octanol–water partition coefficient (Wildman–Crippen LogP) is 3.12. The van der Waals surface area contributed by atoms with Crippen LogP contribution in [-0.4, -0.2) is 28.9 Å². The highest BCUT2D eigenvalue weighted by Crippen LogP contribution is 2.47. The molecular weight excluding hydrogens is 256 g/mol. The molecule has 1 fully saturated rings. The van der Waals surface area contributed by atoms with Crippen LogP contribution in [0.2, 0.25) is 0 Å². The maximum absolute atomic E-state index is 12.8. The number of carbonyl (C=O) groups excluding carboxylic acids is 1. The zero-order valence-corrected chi connectivity index (χ0v) is 13.4. The number of hydrogen-bond acceptors (Lipinski definition) is 2. The molecule has 0 aliphatic heterocycles. The Bertz CT molecular complexity index is 316. The van der Waals surface area contributed by atoms with Gasteiger partial charge in [-0.3, -0.25) is 4.79 Å². The van der Waals surface area contributed by atoms with E-state index in [0.717, 1.165) is 51.6 Å². The van der Waals surface area contributed by atoms with Gasteiger partial charge in [-0.2, -0.15) is 0 Å². The summed E-state index contributed by atoms with van der Waals surface area (Å²) >= 11 is 5.18. The average Bonchev–Trinajstić information content (AvgIpc) is 2.33. The molecule has 0 aromatic heterocycles. The topological polar surface area (TPSA) is 46.3 Å². The third-order valence-corrected chi connectivity index (χ3v) is 4.52. The fourth-order valence-corrected chi connectivity index (χ4v) is 3.18. The predicted molar refractivity (Wildman–Crippen MR) is 84.0 cm³/mol. The summed E-state index contributed by atoms with van der Waals surface area (Å²) in [7, 11) is 0. The molecule has 2 N–H and O–H groups in total. The van der Waals surface area contributed by atoms with Crippen LogP contribution < -0.4 is 5.73 Å². The van der Waals surface area contributed by atoms with Crippen molar-refractivity contribution in [1.82, 2.24) is 4.90 Å². The van der Waals surface area contributed by atoms with Crippen molar-refractivity contribution in [2.24, 2.45) is 17.1 Å². The van der Waals surface area contributed by atoms with Crippen LogP contribution in [0.15, 0.2) is 0 Å². The first-order chi connectivity index (χ1) is 8.97. The van der Waals surface area contributed by atoms with Crippen molar-refractivity contribution < 1.29 is 4.79 Å². The van der Waals surface area contributed by atoms with Crippen LogP contribution in [0, 0.1) is 11.3 Å². The highest BCUT2D eigenvalue weighted by molar-refractivity contribution is 7.80. The largest absolute Gasteiger partial charge is 0.392 e. The molecule has 0 heterocycles. The zero-order chi connectivity index (χ0) is 14.5. The fourth-order valence-electron chi connectivity index (χ4n) is 2.93. The molecule has 4 heteroatoms. The lowest BCUT2D eigenvalue weighted by Crippen LogP contribution is -2.57. The Morgan fingerprint density at radius 1 is 1.26 bits per heavy atom. The highest BCUT2D eigenvalue weighted by Gasteiger charge is 2.52. The Morgan fingerprint density at radius 3 is 2.05 bits per heavy atom. The molecule has 0 radical (unpaired) electrons. The van der Waals surface area contributed by atoms with Crippen molar-refractivity contribution in [2.75, 3.05) is 13.1 Å². The Kier molecular flexibility index (Phi) is 6.24. The van der Waals surface area contributed by atoms with E-state index in [9.17, 15) is 4.79 Å². The second kappa shape index (κ2) is 7.22. The minimum Gasteiger partial charge on any atom is -0.392 e. The molecule has 3 nitrogen and oxygen atoms in total. The summed E-state index contributed by atoms with van der Waals surface area (Å²) in [4.78, 5) is 15.2. The van der Waals surface area contributed by atoms with Gasteiger partial charge >= 0.3 is 0 Å². The average molecular weight is 284 g/mol. The number of hydrogen-bond donors (Lipinski definition) is 1. The second-order valence-corrected chi connectivity index (χ2v) is 6.40. The minimum absolute atomic E-state index is 0.181. The van der Waals surface area contributed by atoms with Crippen molar-refractivity contribution in [1.29, 1.82) is 0 Å². The smallest absolute Gasteiger partial charge is 0.235 e. The van der Waals surface area contributed by atoms with Gasteiger partial charge in [0.1, 0.15) is 0 Å². The van der Waals surface area contributed by atoms with Crippen LogP contribution in [0.25, 0.3) is 0 Å². The van der Waals surface area contributed by atoms with Gasteiger partial charge in [-0.15, -0.1) is 0 Å². The van der Waals surface area contributed by atoms with Crippen molar-refractivity contribution in [3.63, 3.8) is 0 Å². The first kappa shape index (κ1) is 16.4. The van der Waals surface area contributed by atoms with Gasteiger partial charge in [0.15, 0.2) is 0 Å². The molecular formula is C15H28N2OS. The number of carbonyl (C=O) groups is 1. The molecule has 1 aliphatic carbocycles. The Labute approximate surface area is 122 Å². The normalized spacial score (nSPS) is 25.7. The zero-order valence-electron chi connectivity index (χ0n) is 12.6. The summed E-state index contributed by atoms with van der Waals surface area (Å²) in [6.07, 6.45) is 5.97. The third-order valence-electron chi connectivity index (χ3n) is 4.13. The van der Waals surface area contributed by atoms with Gasteiger partial charge in [0.25, 0.3) is 0 Å². The van der Waals surface area contributed by atoms with E-state index in [-0.39, 0.29) is 5.91 Å². The van der Waals surface area contributed by atoms with E-state index in [2.05, 4.69) is 20.8 Å².